The standard InChI is InChI=1S/C10H8ClIN2O/c1-6-8-4-7(12)2-3-9(8)13-10(5-11)14(6)15/h2-4H,5H2,1H3. The molecular formula is C10H8ClIN2O. The van der Waals surface area contributed by atoms with Gasteiger partial charge in [0.2, 0.25) is 0 Å². The van der Waals surface area contributed by atoms with Crippen LogP contribution in [0.5, 0.6) is 0 Å². The van der Waals surface area contributed by atoms with Crippen molar-refractivity contribution in [3.8, 4) is 0 Å². The van der Waals surface area contributed by atoms with Crippen LogP contribution in [0.4, 0.5) is 0 Å². The summed E-state index contributed by atoms with van der Waals surface area (Å²) in [7, 11) is 0. The molecule has 0 unspecified atom stereocenters. The highest BCUT2D eigenvalue weighted by molar-refractivity contribution is 14.1. The minimum absolute atomic E-state index is 0.131. The van der Waals surface area contributed by atoms with E-state index in [1.54, 1.807) is 6.92 Å². The second-order valence-electron chi connectivity index (χ2n) is 3.20. The first kappa shape index (κ1) is 10.9. The molecule has 2 rings (SSSR count). The molecule has 5 heteroatoms. The van der Waals surface area contributed by atoms with Crippen LogP contribution in [0.1, 0.15) is 11.5 Å². The highest BCUT2D eigenvalue weighted by Crippen LogP contribution is 2.17. The smallest absolute Gasteiger partial charge is 0.317 e. The predicted molar refractivity (Wildman–Crippen MR) is 67.7 cm³/mol. The minimum atomic E-state index is 0.131. The van der Waals surface area contributed by atoms with Gasteiger partial charge in [-0.05, 0) is 52.7 Å². The van der Waals surface area contributed by atoms with Crippen LogP contribution in [0.25, 0.3) is 10.9 Å². The van der Waals surface area contributed by atoms with Crippen molar-refractivity contribution in [1.29, 1.82) is 0 Å². The maximum Gasteiger partial charge on any atom is 0.317 e. The number of halogens is 2. The van der Waals surface area contributed by atoms with Gasteiger partial charge in [0.25, 0.3) is 0 Å². The Balaban J connectivity index is 2.84. The van der Waals surface area contributed by atoms with Crippen molar-refractivity contribution < 1.29 is 4.73 Å². The molecule has 0 aliphatic heterocycles. The fourth-order valence-electron chi connectivity index (χ4n) is 1.47. The Kier molecular flexibility index (Phi) is 2.97. The highest BCUT2D eigenvalue weighted by atomic mass is 127. The lowest BCUT2D eigenvalue weighted by molar-refractivity contribution is -0.621. The van der Waals surface area contributed by atoms with E-state index in [-0.39, 0.29) is 5.88 Å². The lowest BCUT2D eigenvalue weighted by Crippen LogP contribution is -2.36. The zero-order valence-electron chi connectivity index (χ0n) is 8.00. The molecule has 0 amide bonds. The van der Waals surface area contributed by atoms with Crippen LogP contribution >= 0.6 is 34.2 Å². The summed E-state index contributed by atoms with van der Waals surface area (Å²) in [6.07, 6.45) is 0. The number of alkyl halides is 1. The second kappa shape index (κ2) is 4.09. The van der Waals surface area contributed by atoms with E-state index in [9.17, 15) is 5.21 Å². The summed E-state index contributed by atoms with van der Waals surface area (Å²) in [4.78, 5) is 4.21. The molecule has 0 saturated carbocycles. The fraction of sp³-hybridized carbons (Fsp3) is 0.200. The topological polar surface area (TPSA) is 39.8 Å². The SMILES string of the molecule is Cc1c2cc(I)ccc2nc(CCl)[n+]1[O-]. The average molecular weight is 335 g/mol. The summed E-state index contributed by atoms with van der Waals surface area (Å²) < 4.78 is 1.88. The number of hydrogen-bond donors (Lipinski definition) is 0. The summed E-state index contributed by atoms with van der Waals surface area (Å²) in [5.41, 5.74) is 1.46. The second-order valence-corrected chi connectivity index (χ2v) is 4.72. The van der Waals surface area contributed by atoms with Gasteiger partial charge in [0.15, 0.2) is 5.52 Å². The molecule has 0 saturated heterocycles. The molecule has 1 heterocycles. The van der Waals surface area contributed by atoms with Crippen LogP contribution < -0.4 is 4.73 Å². The van der Waals surface area contributed by atoms with E-state index < -0.39 is 0 Å². The molecule has 0 radical (unpaired) electrons. The Bertz CT molecular complexity index is 530. The molecule has 0 spiro atoms. The Morgan fingerprint density at radius 3 is 2.93 bits per heavy atom. The van der Waals surface area contributed by atoms with E-state index in [4.69, 9.17) is 11.6 Å². The van der Waals surface area contributed by atoms with Crippen LogP contribution in [0.2, 0.25) is 0 Å². The third-order valence-corrected chi connectivity index (χ3v) is 3.17. The molecule has 1 aromatic heterocycles. The molecule has 1 aromatic carbocycles. The van der Waals surface area contributed by atoms with E-state index in [1.165, 1.54) is 0 Å². The number of fused-ring (bicyclic) bond motifs is 1. The fourth-order valence-corrected chi connectivity index (χ4v) is 2.13. The number of benzene rings is 1. The molecule has 0 N–H and O–H groups in total. The Hall–Kier alpha value is -0.620. The first-order valence-electron chi connectivity index (χ1n) is 4.37. The number of aryl methyl sites for hydroxylation is 1. The van der Waals surface area contributed by atoms with Gasteiger partial charge in [-0.15, -0.1) is 11.6 Å². The summed E-state index contributed by atoms with van der Waals surface area (Å²) in [5, 5.41) is 12.6. The molecule has 3 nitrogen and oxygen atoms in total. The molecule has 0 aliphatic rings. The first-order valence-corrected chi connectivity index (χ1v) is 5.99. The van der Waals surface area contributed by atoms with Crippen molar-refractivity contribution in [2.24, 2.45) is 0 Å². The average Bonchev–Trinajstić information content (AvgIpc) is 2.24. The summed E-state index contributed by atoms with van der Waals surface area (Å²) in [6, 6.07) is 5.81. The molecule has 0 aliphatic carbocycles. The monoisotopic (exact) mass is 334 g/mol. The van der Waals surface area contributed by atoms with Crippen LogP contribution in [-0.2, 0) is 5.88 Å². The van der Waals surface area contributed by atoms with E-state index in [2.05, 4.69) is 27.6 Å². The number of nitrogens with zero attached hydrogens (tertiary/aromatic N) is 2. The van der Waals surface area contributed by atoms with Crippen LogP contribution in [0.3, 0.4) is 0 Å². The molecule has 0 atom stereocenters. The number of rotatable bonds is 1. The summed E-state index contributed by atoms with van der Waals surface area (Å²) >= 11 is 7.86. The van der Waals surface area contributed by atoms with Crippen molar-refractivity contribution in [2.75, 3.05) is 0 Å². The quantitative estimate of drug-likeness (QED) is 0.348. The third kappa shape index (κ3) is 1.88. The van der Waals surface area contributed by atoms with Crippen molar-refractivity contribution in [1.82, 2.24) is 4.98 Å². The molecule has 0 fully saturated rings. The maximum absolute atomic E-state index is 11.7. The van der Waals surface area contributed by atoms with E-state index >= 15 is 0 Å². The van der Waals surface area contributed by atoms with Gasteiger partial charge in [-0.1, -0.05) is 0 Å². The lowest BCUT2D eigenvalue weighted by Gasteiger charge is -2.09. The van der Waals surface area contributed by atoms with Crippen LogP contribution in [0.15, 0.2) is 18.2 Å². The van der Waals surface area contributed by atoms with Crippen molar-refractivity contribution in [2.45, 2.75) is 12.8 Å². The molecule has 0 bridgehead atoms. The zero-order chi connectivity index (χ0) is 11.0. The van der Waals surface area contributed by atoms with E-state index in [0.29, 0.717) is 11.5 Å². The Labute approximate surface area is 106 Å². The van der Waals surface area contributed by atoms with Crippen LogP contribution in [0, 0.1) is 15.7 Å². The zero-order valence-corrected chi connectivity index (χ0v) is 10.9. The molecular weight excluding hydrogens is 326 g/mol. The van der Waals surface area contributed by atoms with Gasteiger partial charge < -0.3 is 5.21 Å². The van der Waals surface area contributed by atoms with Gasteiger partial charge in [-0.3, -0.25) is 0 Å². The largest absolute Gasteiger partial charge is 0.711 e. The van der Waals surface area contributed by atoms with Gasteiger partial charge in [-0.2, -0.15) is 0 Å². The van der Waals surface area contributed by atoms with Crippen molar-refractivity contribution in [3.63, 3.8) is 0 Å². The summed E-state index contributed by atoms with van der Waals surface area (Å²) in [6.45, 7) is 1.78. The van der Waals surface area contributed by atoms with Crippen molar-refractivity contribution in [3.05, 3.63) is 38.5 Å². The Morgan fingerprint density at radius 1 is 1.53 bits per heavy atom. The Morgan fingerprint density at radius 2 is 2.27 bits per heavy atom. The highest BCUT2D eigenvalue weighted by Gasteiger charge is 2.14. The van der Waals surface area contributed by atoms with Gasteiger partial charge in [0.1, 0.15) is 11.6 Å². The molecule has 15 heavy (non-hydrogen) atoms. The minimum Gasteiger partial charge on any atom is -0.711 e. The van der Waals surface area contributed by atoms with Crippen LogP contribution in [-0.4, -0.2) is 4.98 Å². The number of aromatic nitrogens is 2. The third-order valence-electron chi connectivity index (χ3n) is 2.26. The normalized spacial score (nSPS) is 10.9. The van der Waals surface area contributed by atoms with Gasteiger partial charge in [0, 0.05) is 3.57 Å². The first-order chi connectivity index (χ1) is 7.13. The van der Waals surface area contributed by atoms with Crippen molar-refractivity contribution >= 4 is 45.1 Å². The van der Waals surface area contributed by atoms with Gasteiger partial charge in [0.05, 0.1) is 5.39 Å². The van der Waals surface area contributed by atoms with Gasteiger partial charge >= 0.3 is 5.82 Å². The van der Waals surface area contributed by atoms with E-state index in [0.717, 1.165) is 19.2 Å². The molecule has 2 aromatic rings. The molecule has 78 valence electrons. The number of hydrogen-bond acceptors (Lipinski definition) is 2. The van der Waals surface area contributed by atoms with E-state index in [1.807, 2.05) is 18.2 Å². The predicted octanol–water partition coefficient (Wildman–Crippen LogP) is 2.52. The summed E-state index contributed by atoms with van der Waals surface area (Å²) in [5.74, 6) is 0.481. The lowest BCUT2D eigenvalue weighted by atomic mass is 10.2. The maximum atomic E-state index is 11.7. The van der Waals surface area contributed by atoms with Gasteiger partial charge in [-0.25, -0.2) is 4.73 Å².